The van der Waals surface area contributed by atoms with Crippen LogP contribution in [-0.2, 0) is 13.0 Å². The lowest BCUT2D eigenvalue weighted by atomic mass is 10.2. The van der Waals surface area contributed by atoms with Gasteiger partial charge in [-0.2, -0.15) is 4.98 Å². The highest BCUT2D eigenvalue weighted by Crippen LogP contribution is 2.26. The predicted molar refractivity (Wildman–Crippen MR) is 102 cm³/mol. The van der Waals surface area contributed by atoms with Crippen LogP contribution in [0.1, 0.15) is 28.8 Å². The van der Waals surface area contributed by atoms with Gasteiger partial charge in [0.05, 0.1) is 0 Å². The molecule has 26 heavy (non-hydrogen) atoms. The fourth-order valence-corrected chi connectivity index (χ4v) is 2.91. The van der Waals surface area contributed by atoms with E-state index in [1.54, 1.807) is 11.8 Å². The summed E-state index contributed by atoms with van der Waals surface area (Å²) in [5.74, 6) is -1.46. The van der Waals surface area contributed by atoms with Crippen molar-refractivity contribution >= 4 is 17.7 Å². The van der Waals surface area contributed by atoms with Crippen LogP contribution < -0.4 is 5.32 Å². The molecule has 7 nitrogen and oxygen atoms in total. The van der Waals surface area contributed by atoms with Gasteiger partial charge in [-0.3, -0.25) is 4.79 Å². The van der Waals surface area contributed by atoms with E-state index in [0.717, 1.165) is 10.5 Å². The van der Waals surface area contributed by atoms with Crippen LogP contribution in [0.3, 0.4) is 0 Å². The molecule has 0 saturated carbocycles. The Kier molecular flexibility index (Phi) is 6.82. The molecule has 0 fully saturated rings. The van der Waals surface area contributed by atoms with E-state index in [4.69, 9.17) is 0 Å². The zero-order valence-electron chi connectivity index (χ0n) is 15.4. The molecule has 140 valence electrons. The third-order valence-electron chi connectivity index (χ3n) is 4.12. The van der Waals surface area contributed by atoms with Crippen molar-refractivity contribution < 1.29 is 15.0 Å². The second-order valence-electron chi connectivity index (χ2n) is 6.17. The monoisotopic (exact) mass is 376 g/mol. The summed E-state index contributed by atoms with van der Waals surface area (Å²) in [4.78, 5) is 23.5. The van der Waals surface area contributed by atoms with Gasteiger partial charge in [0.1, 0.15) is 5.82 Å². The van der Waals surface area contributed by atoms with Crippen molar-refractivity contribution in [1.82, 2.24) is 20.2 Å². The van der Waals surface area contributed by atoms with Crippen LogP contribution in [0.4, 0.5) is 0 Å². The van der Waals surface area contributed by atoms with Gasteiger partial charge in [-0.15, -0.1) is 11.8 Å². The maximum Gasteiger partial charge on any atom is 0.274 e. The number of aromatic nitrogens is 2. The zero-order chi connectivity index (χ0) is 19.3. The topological polar surface area (TPSA) is 98.6 Å². The molecule has 0 aliphatic rings. The Morgan fingerprint density at radius 1 is 1.27 bits per heavy atom. The SMILES string of the molecule is CSc1ccccc1CNC(=O)c1nc(CC(C)N(C)C)nc(O)c1O. The van der Waals surface area contributed by atoms with Crippen molar-refractivity contribution in [2.24, 2.45) is 0 Å². The molecule has 0 bridgehead atoms. The first kappa shape index (κ1) is 20.0. The number of aromatic hydroxyl groups is 2. The van der Waals surface area contributed by atoms with Crippen molar-refractivity contribution in [3.8, 4) is 11.6 Å². The van der Waals surface area contributed by atoms with E-state index in [-0.39, 0.29) is 11.7 Å². The number of amides is 1. The second kappa shape index (κ2) is 8.86. The van der Waals surface area contributed by atoms with Gasteiger partial charge in [-0.05, 0) is 38.9 Å². The molecule has 1 atom stereocenters. The highest BCUT2D eigenvalue weighted by atomic mass is 32.2. The standard InChI is InChI=1S/C18H24N4O3S/c1-11(22(2)3)9-14-20-15(16(23)18(25)21-14)17(24)19-10-12-7-5-6-8-13(12)26-4/h5-8,11,23H,9-10H2,1-4H3,(H,19,24)(H,20,21,25). The first-order valence-electron chi connectivity index (χ1n) is 8.18. The fraction of sp³-hybridized carbons (Fsp3) is 0.389. The third-order valence-corrected chi connectivity index (χ3v) is 4.96. The van der Waals surface area contributed by atoms with Gasteiger partial charge in [0.25, 0.3) is 11.8 Å². The minimum Gasteiger partial charge on any atom is -0.501 e. The number of nitrogens with one attached hydrogen (secondary N) is 1. The fourth-order valence-electron chi connectivity index (χ4n) is 2.29. The molecule has 1 unspecified atom stereocenters. The molecule has 0 aliphatic carbocycles. The smallest absolute Gasteiger partial charge is 0.274 e. The number of benzene rings is 1. The highest BCUT2D eigenvalue weighted by Gasteiger charge is 2.21. The summed E-state index contributed by atoms with van der Waals surface area (Å²) in [6, 6.07) is 7.84. The lowest BCUT2D eigenvalue weighted by molar-refractivity contribution is 0.0941. The largest absolute Gasteiger partial charge is 0.501 e. The van der Waals surface area contributed by atoms with Crippen molar-refractivity contribution in [1.29, 1.82) is 0 Å². The maximum absolute atomic E-state index is 12.5. The Bertz CT molecular complexity index is 783. The molecule has 0 aliphatic heterocycles. The van der Waals surface area contributed by atoms with Crippen LogP contribution in [-0.4, -0.2) is 57.4 Å². The number of hydrogen-bond acceptors (Lipinski definition) is 7. The van der Waals surface area contributed by atoms with E-state index >= 15 is 0 Å². The van der Waals surface area contributed by atoms with Crippen LogP contribution in [0.15, 0.2) is 29.2 Å². The molecule has 1 aromatic carbocycles. The van der Waals surface area contributed by atoms with Crippen molar-refractivity contribution in [2.75, 3.05) is 20.4 Å². The average molecular weight is 376 g/mol. The molecular weight excluding hydrogens is 352 g/mol. The molecular formula is C18H24N4O3S. The van der Waals surface area contributed by atoms with E-state index in [1.807, 2.05) is 56.4 Å². The van der Waals surface area contributed by atoms with Crippen LogP contribution in [0.5, 0.6) is 11.6 Å². The normalized spacial score (nSPS) is 12.2. The van der Waals surface area contributed by atoms with Crippen molar-refractivity contribution in [2.45, 2.75) is 30.8 Å². The Morgan fingerprint density at radius 2 is 1.96 bits per heavy atom. The lowest BCUT2D eigenvalue weighted by Gasteiger charge is -2.19. The number of thioether (sulfide) groups is 1. The van der Waals surface area contributed by atoms with Gasteiger partial charge in [-0.1, -0.05) is 18.2 Å². The molecule has 3 N–H and O–H groups in total. The first-order chi connectivity index (χ1) is 12.3. The Balaban J connectivity index is 2.18. The number of rotatable bonds is 7. The number of hydrogen-bond donors (Lipinski definition) is 3. The van der Waals surface area contributed by atoms with Gasteiger partial charge in [0.15, 0.2) is 5.69 Å². The lowest BCUT2D eigenvalue weighted by Crippen LogP contribution is -2.28. The average Bonchev–Trinajstić information content (AvgIpc) is 2.62. The van der Waals surface area contributed by atoms with Crippen molar-refractivity contribution in [3.05, 3.63) is 41.3 Å². The Labute approximate surface area is 157 Å². The van der Waals surface area contributed by atoms with E-state index in [2.05, 4.69) is 15.3 Å². The predicted octanol–water partition coefficient (Wildman–Crippen LogP) is 2.03. The van der Waals surface area contributed by atoms with Crippen LogP contribution in [0.25, 0.3) is 0 Å². The molecule has 2 aromatic rings. The van der Waals surface area contributed by atoms with Gasteiger partial charge in [0, 0.05) is 23.9 Å². The molecule has 1 aromatic heterocycles. The summed E-state index contributed by atoms with van der Waals surface area (Å²) in [7, 11) is 3.84. The molecule has 0 radical (unpaired) electrons. The number of likely N-dealkylation sites (N-methyl/N-ethyl adjacent to an activating group) is 1. The molecule has 2 rings (SSSR count). The minimum atomic E-state index is -0.609. The molecule has 0 spiro atoms. The summed E-state index contributed by atoms with van der Waals surface area (Å²) in [5.41, 5.74) is 0.743. The Morgan fingerprint density at radius 3 is 2.62 bits per heavy atom. The number of carbonyl (C=O) groups is 1. The minimum absolute atomic E-state index is 0.114. The summed E-state index contributed by atoms with van der Waals surface area (Å²) in [6.45, 7) is 2.27. The zero-order valence-corrected chi connectivity index (χ0v) is 16.2. The van der Waals surface area contributed by atoms with E-state index in [0.29, 0.717) is 18.8 Å². The van der Waals surface area contributed by atoms with E-state index in [9.17, 15) is 15.0 Å². The van der Waals surface area contributed by atoms with Gasteiger partial charge < -0.3 is 20.4 Å². The number of nitrogens with zero attached hydrogens (tertiary/aromatic N) is 3. The van der Waals surface area contributed by atoms with Gasteiger partial charge >= 0.3 is 0 Å². The molecule has 0 saturated heterocycles. The first-order valence-corrected chi connectivity index (χ1v) is 9.41. The summed E-state index contributed by atoms with van der Waals surface area (Å²) in [6.07, 6.45) is 2.41. The third kappa shape index (κ3) is 4.86. The van der Waals surface area contributed by atoms with E-state index < -0.39 is 17.5 Å². The number of carbonyl (C=O) groups excluding carboxylic acids is 1. The van der Waals surface area contributed by atoms with Gasteiger partial charge in [-0.25, -0.2) is 4.98 Å². The van der Waals surface area contributed by atoms with Gasteiger partial charge in [0.2, 0.25) is 5.75 Å². The molecule has 8 heteroatoms. The van der Waals surface area contributed by atoms with Crippen molar-refractivity contribution in [3.63, 3.8) is 0 Å². The quantitative estimate of drug-likeness (QED) is 0.636. The molecule has 1 amide bonds. The highest BCUT2D eigenvalue weighted by molar-refractivity contribution is 7.98. The molecule has 1 heterocycles. The summed E-state index contributed by atoms with van der Waals surface area (Å²) < 4.78 is 0. The summed E-state index contributed by atoms with van der Waals surface area (Å²) >= 11 is 1.59. The maximum atomic E-state index is 12.5. The Hall–Kier alpha value is -2.32. The van der Waals surface area contributed by atoms with Crippen LogP contribution in [0.2, 0.25) is 0 Å². The van der Waals surface area contributed by atoms with Crippen LogP contribution >= 0.6 is 11.8 Å². The summed E-state index contributed by atoms with van der Waals surface area (Å²) in [5, 5.41) is 22.6. The second-order valence-corrected chi connectivity index (χ2v) is 7.02. The van der Waals surface area contributed by atoms with E-state index in [1.165, 1.54) is 0 Å². The van der Waals surface area contributed by atoms with Crippen LogP contribution in [0, 0.1) is 0 Å².